The number of hydrogen-bond donors (Lipinski definition) is 1. The topological polar surface area (TPSA) is 34.1 Å². The Morgan fingerprint density at radius 2 is 2.50 bits per heavy atom. The van der Waals surface area contributed by atoms with Gasteiger partial charge in [-0.25, -0.2) is 0 Å². The summed E-state index contributed by atoms with van der Waals surface area (Å²) in [7, 11) is 0. The van der Waals surface area contributed by atoms with Gasteiger partial charge in [-0.2, -0.15) is 0 Å². The highest BCUT2D eigenvalue weighted by Gasteiger charge is 2.23. The molecule has 0 aliphatic carbocycles. The van der Waals surface area contributed by atoms with Crippen molar-refractivity contribution in [2.45, 2.75) is 32.0 Å². The number of pyridine rings is 1. The molecule has 0 radical (unpaired) electrons. The van der Waals surface area contributed by atoms with Crippen LogP contribution in [0.4, 0.5) is 0 Å². The summed E-state index contributed by atoms with van der Waals surface area (Å²) in [6, 6.07) is 6.47. The first-order valence-corrected chi connectivity index (χ1v) is 5.11. The minimum Gasteiger partial charge on any atom is -0.377 e. The quantitative estimate of drug-likeness (QED) is 0.785. The zero-order valence-electron chi connectivity index (χ0n) is 8.44. The first kappa shape index (κ1) is 9.62. The van der Waals surface area contributed by atoms with Gasteiger partial charge in [0.25, 0.3) is 0 Å². The minimum absolute atomic E-state index is 0.332. The van der Waals surface area contributed by atoms with Gasteiger partial charge in [-0.15, -0.1) is 0 Å². The Morgan fingerprint density at radius 3 is 3.14 bits per heavy atom. The number of rotatable bonds is 3. The van der Waals surface area contributed by atoms with Crippen LogP contribution in [0.5, 0.6) is 0 Å². The second kappa shape index (κ2) is 4.53. The summed E-state index contributed by atoms with van der Waals surface area (Å²) >= 11 is 0. The molecule has 0 spiro atoms. The van der Waals surface area contributed by atoms with Crippen LogP contribution in [-0.2, 0) is 11.3 Å². The lowest BCUT2D eigenvalue weighted by atomic mass is 10.1. The van der Waals surface area contributed by atoms with E-state index in [-0.39, 0.29) is 0 Å². The fraction of sp³-hybridized carbons (Fsp3) is 0.545. The Morgan fingerprint density at radius 1 is 1.57 bits per heavy atom. The van der Waals surface area contributed by atoms with E-state index in [0.717, 1.165) is 25.3 Å². The molecule has 0 saturated carbocycles. The van der Waals surface area contributed by atoms with Crippen LogP contribution in [0.15, 0.2) is 24.4 Å². The predicted molar refractivity (Wildman–Crippen MR) is 54.9 cm³/mol. The van der Waals surface area contributed by atoms with Gasteiger partial charge in [-0.05, 0) is 25.5 Å². The van der Waals surface area contributed by atoms with Crippen molar-refractivity contribution in [1.29, 1.82) is 0 Å². The highest BCUT2D eigenvalue weighted by molar-refractivity contribution is 5.03. The number of nitrogens with zero attached hydrogens (tertiary/aromatic N) is 1. The normalized spacial score (nSPS) is 26.6. The van der Waals surface area contributed by atoms with Crippen LogP contribution < -0.4 is 5.32 Å². The Bertz CT molecular complexity index is 276. The summed E-state index contributed by atoms with van der Waals surface area (Å²) in [6.45, 7) is 3.82. The van der Waals surface area contributed by atoms with Crippen LogP contribution in [0, 0.1) is 0 Å². The van der Waals surface area contributed by atoms with Gasteiger partial charge in [-0.1, -0.05) is 6.07 Å². The highest BCUT2D eigenvalue weighted by Crippen LogP contribution is 2.12. The maximum atomic E-state index is 5.47. The van der Waals surface area contributed by atoms with E-state index >= 15 is 0 Å². The molecule has 76 valence electrons. The Labute approximate surface area is 84.5 Å². The molecule has 2 rings (SSSR count). The molecule has 1 aromatic heterocycles. The van der Waals surface area contributed by atoms with Crippen molar-refractivity contribution in [3.63, 3.8) is 0 Å². The monoisotopic (exact) mass is 192 g/mol. The van der Waals surface area contributed by atoms with Gasteiger partial charge in [0, 0.05) is 25.4 Å². The molecule has 14 heavy (non-hydrogen) atoms. The van der Waals surface area contributed by atoms with Crippen LogP contribution in [0.3, 0.4) is 0 Å². The first-order valence-electron chi connectivity index (χ1n) is 5.11. The van der Waals surface area contributed by atoms with Crippen LogP contribution in [0.1, 0.15) is 19.0 Å². The largest absolute Gasteiger partial charge is 0.377 e. The number of ether oxygens (including phenoxy) is 1. The summed E-state index contributed by atoms with van der Waals surface area (Å²) in [5, 5.41) is 3.46. The van der Waals surface area contributed by atoms with Gasteiger partial charge in [0.05, 0.1) is 11.8 Å². The fourth-order valence-corrected chi connectivity index (χ4v) is 1.74. The molecule has 0 amide bonds. The first-order chi connectivity index (χ1) is 6.86. The zero-order valence-corrected chi connectivity index (χ0v) is 8.44. The van der Waals surface area contributed by atoms with Crippen molar-refractivity contribution in [1.82, 2.24) is 10.3 Å². The zero-order chi connectivity index (χ0) is 9.80. The average molecular weight is 192 g/mol. The van der Waals surface area contributed by atoms with Crippen LogP contribution in [-0.4, -0.2) is 23.7 Å². The molecule has 1 aromatic rings. The standard InChI is InChI=1S/C11H16N2O/c1-9-11(5-7-14-9)13-8-10-4-2-3-6-12-10/h2-4,6,9,11,13H,5,7-8H2,1H3. The van der Waals surface area contributed by atoms with Crippen molar-refractivity contribution in [2.75, 3.05) is 6.61 Å². The molecule has 1 saturated heterocycles. The third-order valence-corrected chi connectivity index (χ3v) is 2.65. The molecule has 1 aliphatic heterocycles. The van der Waals surface area contributed by atoms with Crippen molar-refractivity contribution in [3.8, 4) is 0 Å². The molecule has 3 heteroatoms. The van der Waals surface area contributed by atoms with Crippen LogP contribution in [0.2, 0.25) is 0 Å². The lowest BCUT2D eigenvalue weighted by molar-refractivity contribution is 0.113. The van der Waals surface area contributed by atoms with Gasteiger partial charge in [0.2, 0.25) is 0 Å². The third-order valence-electron chi connectivity index (χ3n) is 2.65. The van der Waals surface area contributed by atoms with Crippen LogP contribution in [0.25, 0.3) is 0 Å². The minimum atomic E-state index is 0.332. The molecule has 0 aromatic carbocycles. The summed E-state index contributed by atoms with van der Waals surface area (Å²) in [6.07, 6.45) is 3.26. The van der Waals surface area contributed by atoms with E-state index in [2.05, 4.69) is 17.2 Å². The second-order valence-corrected chi connectivity index (χ2v) is 3.67. The van der Waals surface area contributed by atoms with Gasteiger partial charge < -0.3 is 10.1 Å². The SMILES string of the molecule is CC1OCCC1NCc1ccccn1. The smallest absolute Gasteiger partial charge is 0.0700 e. The highest BCUT2D eigenvalue weighted by atomic mass is 16.5. The maximum Gasteiger partial charge on any atom is 0.0700 e. The van der Waals surface area contributed by atoms with Gasteiger partial charge >= 0.3 is 0 Å². The molecule has 1 fully saturated rings. The van der Waals surface area contributed by atoms with Crippen molar-refractivity contribution < 1.29 is 4.74 Å². The molecule has 1 N–H and O–H groups in total. The predicted octanol–water partition coefficient (Wildman–Crippen LogP) is 1.35. The van der Waals surface area contributed by atoms with E-state index < -0.39 is 0 Å². The summed E-state index contributed by atoms with van der Waals surface area (Å²) in [4.78, 5) is 4.26. The van der Waals surface area contributed by atoms with E-state index in [1.807, 2.05) is 24.4 Å². The van der Waals surface area contributed by atoms with E-state index in [1.54, 1.807) is 0 Å². The lowest BCUT2D eigenvalue weighted by Gasteiger charge is -2.15. The summed E-state index contributed by atoms with van der Waals surface area (Å²) < 4.78 is 5.47. The molecule has 2 heterocycles. The van der Waals surface area contributed by atoms with Crippen molar-refractivity contribution in [2.24, 2.45) is 0 Å². The number of hydrogen-bond acceptors (Lipinski definition) is 3. The molecule has 1 aliphatic rings. The van der Waals surface area contributed by atoms with E-state index in [1.165, 1.54) is 0 Å². The Hall–Kier alpha value is -0.930. The number of aromatic nitrogens is 1. The number of nitrogens with one attached hydrogen (secondary N) is 1. The molecule has 3 nitrogen and oxygen atoms in total. The molecule has 0 bridgehead atoms. The Kier molecular flexibility index (Phi) is 3.11. The molecular weight excluding hydrogens is 176 g/mol. The van der Waals surface area contributed by atoms with E-state index in [9.17, 15) is 0 Å². The summed E-state index contributed by atoms with van der Waals surface area (Å²) in [5.74, 6) is 0. The van der Waals surface area contributed by atoms with Crippen molar-refractivity contribution >= 4 is 0 Å². The lowest BCUT2D eigenvalue weighted by Crippen LogP contribution is -2.34. The summed E-state index contributed by atoms with van der Waals surface area (Å²) in [5.41, 5.74) is 1.09. The van der Waals surface area contributed by atoms with Gasteiger partial charge in [0.1, 0.15) is 0 Å². The fourth-order valence-electron chi connectivity index (χ4n) is 1.74. The van der Waals surface area contributed by atoms with E-state index in [0.29, 0.717) is 12.1 Å². The average Bonchev–Trinajstić information content (AvgIpc) is 2.63. The third kappa shape index (κ3) is 2.30. The van der Waals surface area contributed by atoms with Crippen LogP contribution >= 0.6 is 0 Å². The molecule has 2 atom stereocenters. The maximum absolute atomic E-state index is 5.47. The molecular formula is C11H16N2O. The van der Waals surface area contributed by atoms with E-state index in [4.69, 9.17) is 4.74 Å². The Balaban J connectivity index is 1.82. The van der Waals surface area contributed by atoms with Gasteiger partial charge in [-0.3, -0.25) is 4.98 Å². The van der Waals surface area contributed by atoms with Crippen molar-refractivity contribution in [3.05, 3.63) is 30.1 Å². The second-order valence-electron chi connectivity index (χ2n) is 3.67. The van der Waals surface area contributed by atoms with Gasteiger partial charge in [0.15, 0.2) is 0 Å². The molecule has 2 unspecified atom stereocenters.